The van der Waals surface area contributed by atoms with Gasteiger partial charge in [-0.2, -0.15) is 5.26 Å². The second-order valence-electron chi connectivity index (χ2n) is 3.48. The summed E-state index contributed by atoms with van der Waals surface area (Å²) in [6.07, 6.45) is 3.25. The van der Waals surface area contributed by atoms with Crippen molar-refractivity contribution >= 4 is 6.08 Å². The summed E-state index contributed by atoms with van der Waals surface area (Å²) in [5.74, 6) is -0.288. The molecule has 0 aliphatic heterocycles. The van der Waals surface area contributed by atoms with E-state index in [1.165, 1.54) is 12.1 Å². The maximum Gasteiger partial charge on any atom is 0.141 e. The highest BCUT2D eigenvalue weighted by atomic mass is 19.1. The molecule has 3 heteroatoms. The van der Waals surface area contributed by atoms with E-state index in [-0.39, 0.29) is 5.82 Å². The molecular weight excluding hydrogens is 215 g/mol. The predicted molar refractivity (Wildman–Crippen MR) is 64.4 cm³/mol. The molecule has 0 aliphatic carbocycles. The molecule has 0 radical (unpaired) electrons. The predicted octanol–water partition coefficient (Wildman–Crippen LogP) is 3.40. The van der Waals surface area contributed by atoms with Gasteiger partial charge in [-0.25, -0.2) is 9.37 Å². The number of nitriles is 1. The van der Waals surface area contributed by atoms with E-state index in [1.54, 1.807) is 30.5 Å². The first-order valence-corrected chi connectivity index (χ1v) is 5.03. The molecule has 0 amide bonds. The molecule has 0 atom stereocenters. The van der Waals surface area contributed by atoms with Gasteiger partial charge in [-0.05, 0) is 29.3 Å². The lowest BCUT2D eigenvalue weighted by Crippen LogP contribution is -1.89. The van der Waals surface area contributed by atoms with E-state index < -0.39 is 0 Å². The molecule has 17 heavy (non-hydrogen) atoms. The second-order valence-corrected chi connectivity index (χ2v) is 3.48. The maximum absolute atomic E-state index is 12.8. The minimum Gasteiger partial charge on any atom is -0.245 e. The molecule has 1 aromatic carbocycles. The van der Waals surface area contributed by atoms with Crippen LogP contribution in [0, 0.1) is 17.1 Å². The van der Waals surface area contributed by atoms with Crippen molar-refractivity contribution in [3.8, 4) is 17.2 Å². The molecule has 0 spiro atoms. The van der Waals surface area contributed by atoms with E-state index in [0.29, 0.717) is 5.69 Å². The Balaban J connectivity index is 2.60. The highest BCUT2D eigenvalue weighted by molar-refractivity contribution is 5.74. The fourth-order valence-corrected chi connectivity index (χ4v) is 1.57. The summed E-state index contributed by atoms with van der Waals surface area (Å²) in [4.78, 5) is 3.97. The normalized spacial score (nSPS) is 9.65. The van der Waals surface area contributed by atoms with Crippen molar-refractivity contribution in [1.29, 1.82) is 5.26 Å². The zero-order valence-electron chi connectivity index (χ0n) is 9.02. The lowest BCUT2D eigenvalue weighted by atomic mass is 10.0. The lowest BCUT2D eigenvalue weighted by Gasteiger charge is -2.06. The Morgan fingerprint density at radius 2 is 2.00 bits per heavy atom. The van der Waals surface area contributed by atoms with Gasteiger partial charge in [0.05, 0.1) is 0 Å². The number of pyridine rings is 1. The van der Waals surface area contributed by atoms with Gasteiger partial charge >= 0.3 is 0 Å². The molecule has 0 unspecified atom stereocenters. The summed E-state index contributed by atoms with van der Waals surface area (Å²) in [6.45, 7) is 3.69. The van der Waals surface area contributed by atoms with Crippen molar-refractivity contribution in [3.05, 3.63) is 60.2 Å². The number of nitrogens with zero attached hydrogens (tertiary/aromatic N) is 2. The second kappa shape index (κ2) is 4.58. The van der Waals surface area contributed by atoms with Crippen molar-refractivity contribution in [1.82, 2.24) is 4.98 Å². The van der Waals surface area contributed by atoms with Crippen LogP contribution in [0.2, 0.25) is 0 Å². The Labute approximate surface area is 98.7 Å². The highest BCUT2D eigenvalue weighted by Gasteiger charge is 2.05. The molecule has 82 valence electrons. The first kappa shape index (κ1) is 11.0. The Hall–Kier alpha value is -2.47. The van der Waals surface area contributed by atoms with E-state index >= 15 is 0 Å². The largest absolute Gasteiger partial charge is 0.245 e. The van der Waals surface area contributed by atoms with E-state index in [0.717, 1.165) is 16.7 Å². The molecule has 1 heterocycles. The number of aromatic nitrogens is 1. The third kappa shape index (κ3) is 2.21. The standard InChI is InChI=1S/C14H9FN2/c1-2-10-9-17-13(8-16)7-14(10)11-3-5-12(15)6-4-11/h2-7,9H,1H2. The van der Waals surface area contributed by atoms with Gasteiger partial charge in [0.15, 0.2) is 0 Å². The van der Waals surface area contributed by atoms with E-state index in [1.807, 2.05) is 6.07 Å². The fraction of sp³-hybridized carbons (Fsp3) is 0. The van der Waals surface area contributed by atoms with E-state index in [2.05, 4.69) is 11.6 Å². The van der Waals surface area contributed by atoms with Gasteiger partial charge in [-0.15, -0.1) is 0 Å². The molecule has 0 aliphatic rings. The van der Waals surface area contributed by atoms with Gasteiger partial charge in [-0.3, -0.25) is 0 Å². The van der Waals surface area contributed by atoms with Crippen molar-refractivity contribution < 1.29 is 4.39 Å². The number of hydrogen-bond acceptors (Lipinski definition) is 2. The summed E-state index contributed by atoms with van der Waals surface area (Å²) < 4.78 is 12.8. The number of hydrogen-bond donors (Lipinski definition) is 0. The molecule has 2 nitrogen and oxygen atoms in total. The summed E-state index contributed by atoms with van der Waals surface area (Å²) in [5, 5.41) is 8.82. The first-order chi connectivity index (χ1) is 8.24. The van der Waals surface area contributed by atoms with Gasteiger partial charge < -0.3 is 0 Å². The van der Waals surface area contributed by atoms with Crippen molar-refractivity contribution in [3.63, 3.8) is 0 Å². The Morgan fingerprint density at radius 1 is 1.29 bits per heavy atom. The molecule has 2 rings (SSSR count). The number of halogens is 1. The smallest absolute Gasteiger partial charge is 0.141 e. The maximum atomic E-state index is 12.8. The third-order valence-electron chi connectivity index (χ3n) is 2.42. The Morgan fingerprint density at radius 3 is 2.59 bits per heavy atom. The first-order valence-electron chi connectivity index (χ1n) is 5.03. The lowest BCUT2D eigenvalue weighted by molar-refractivity contribution is 0.628. The summed E-state index contributed by atoms with van der Waals surface area (Å²) in [6, 6.07) is 9.75. The van der Waals surface area contributed by atoms with E-state index in [9.17, 15) is 4.39 Å². The van der Waals surface area contributed by atoms with Crippen LogP contribution in [0.1, 0.15) is 11.3 Å². The molecule has 0 fully saturated rings. The molecule has 1 aromatic heterocycles. The quantitative estimate of drug-likeness (QED) is 0.783. The van der Waals surface area contributed by atoms with E-state index in [4.69, 9.17) is 5.26 Å². The van der Waals surface area contributed by atoms with Gasteiger partial charge in [-0.1, -0.05) is 24.8 Å². The molecule has 0 saturated carbocycles. The van der Waals surface area contributed by atoms with Gasteiger partial charge in [0.1, 0.15) is 17.6 Å². The van der Waals surface area contributed by atoms with Crippen molar-refractivity contribution in [2.45, 2.75) is 0 Å². The van der Waals surface area contributed by atoms with Crippen LogP contribution < -0.4 is 0 Å². The monoisotopic (exact) mass is 224 g/mol. The summed E-state index contributed by atoms with van der Waals surface area (Å²) >= 11 is 0. The van der Waals surface area contributed by atoms with Gasteiger partial charge in [0.25, 0.3) is 0 Å². The summed E-state index contributed by atoms with van der Waals surface area (Å²) in [5.41, 5.74) is 2.80. The van der Waals surface area contributed by atoms with Crippen LogP contribution >= 0.6 is 0 Å². The summed E-state index contributed by atoms with van der Waals surface area (Å²) in [7, 11) is 0. The average Bonchev–Trinajstić information content (AvgIpc) is 2.39. The molecular formula is C14H9FN2. The topological polar surface area (TPSA) is 36.7 Å². The third-order valence-corrected chi connectivity index (χ3v) is 2.42. The SMILES string of the molecule is C=Cc1cnc(C#N)cc1-c1ccc(F)cc1. The minimum absolute atomic E-state index is 0.288. The van der Waals surface area contributed by atoms with Crippen LogP contribution in [0.3, 0.4) is 0 Å². The molecule has 2 aromatic rings. The number of benzene rings is 1. The van der Waals surface area contributed by atoms with Crippen LogP contribution in [0.5, 0.6) is 0 Å². The van der Waals surface area contributed by atoms with Crippen LogP contribution in [-0.4, -0.2) is 4.98 Å². The van der Waals surface area contributed by atoms with Crippen LogP contribution in [0.4, 0.5) is 4.39 Å². The van der Waals surface area contributed by atoms with Crippen molar-refractivity contribution in [2.24, 2.45) is 0 Å². The molecule has 0 N–H and O–H groups in total. The zero-order chi connectivity index (χ0) is 12.3. The van der Waals surface area contributed by atoms with Crippen LogP contribution in [0.25, 0.3) is 17.2 Å². The molecule has 0 saturated heterocycles. The Kier molecular flexibility index (Phi) is 2.97. The minimum atomic E-state index is -0.288. The zero-order valence-corrected chi connectivity index (χ0v) is 9.02. The molecule has 0 bridgehead atoms. The fourth-order valence-electron chi connectivity index (χ4n) is 1.57. The number of rotatable bonds is 2. The highest BCUT2D eigenvalue weighted by Crippen LogP contribution is 2.24. The van der Waals surface area contributed by atoms with Crippen LogP contribution in [0.15, 0.2) is 43.1 Å². The van der Waals surface area contributed by atoms with Gasteiger partial charge in [0.2, 0.25) is 0 Å². The average molecular weight is 224 g/mol. The Bertz CT molecular complexity index is 595. The van der Waals surface area contributed by atoms with Gasteiger partial charge in [0, 0.05) is 11.8 Å². The van der Waals surface area contributed by atoms with Crippen LogP contribution in [-0.2, 0) is 0 Å². The van der Waals surface area contributed by atoms with Crippen molar-refractivity contribution in [2.75, 3.05) is 0 Å².